The van der Waals surface area contributed by atoms with Gasteiger partial charge in [0.05, 0.1) is 11.4 Å². The second kappa shape index (κ2) is 9.12. The number of azo groups is 1. The van der Waals surface area contributed by atoms with Gasteiger partial charge in [-0.1, -0.05) is 19.3 Å². The number of nitriles is 1. The number of anilines is 1. The van der Waals surface area contributed by atoms with E-state index in [1.165, 1.54) is 18.5 Å². The summed E-state index contributed by atoms with van der Waals surface area (Å²) in [6.45, 7) is 3.25. The summed E-state index contributed by atoms with van der Waals surface area (Å²) in [6.07, 6.45) is 2.38. The molecule has 0 heterocycles. The molecular formula is C20H20N4. The van der Waals surface area contributed by atoms with Gasteiger partial charge in [-0.2, -0.15) is 15.5 Å². The summed E-state index contributed by atoms with van der Waals surface area (Å²) in [7, 11) is 2.10. The number of unbranched alkanes of at least 4 members (excludes halogenated alkanes) is 1. The van der Waals surface area contributed by atoms with Crippen LogP contribution in [0.1, 0.15) is 25.3 Å². The summed E-state index contributed by atoms with van der Waals surface area (Å²) in [4.78, 5) is 2.24. The van der Waals surface area contributed by atoms with E-state index in [1.807, 2.05) is 36.4 Å². The molecule has 0 amide bonds. The topological polar surface area (TPSA) is 51.8 Å². The van der Waals surface area contributed by atoms with Gasteiger partial charge in [0, 0.05) is 30.8 Å². The van der Waals surface area contributed by atoms with E-state index in [0.29, 0.717) is 0 Å². The zero-order valence-electron chi connectivity index (χ0n) is 14.0. The molecule has 0 atom stereocenters. The molecule has 4 heteroatoms. The normalized spacial score (nSPS) is 10.0. The number of hydrogen-bond donors (Lipinski definition) is 0. The van der Waals surface area contributed by atoms with Gasteiger partial charge in [-0.05, 0) is 55.0 Å². The highest BCUT2D eigenvalue weighted by molar-refractivity contribution is 5.52. The smallest absolute Gasteiger partial charge is 0.152 e. The standard InChI is InChI=1S/C20H20N4/c1-3-4-16-24(2)20-13-11-19(12-14-20)23-22-18-9-7-17(8-10-18)6-5-15-21/h7-14H,3-4,16H2,1-2H3/b23-22+. The highest BCUT2D eigenvalue weighted by Gasteiger charge is 2.00. The molecule has 0 aromatic heterocycles. The van der Waals surface area contributed by atoms with Crippen LogP contribution in [-0.4, -0.2) is 13.6 Å². The molecule has 0 fully saturated rings. The molecule has 0 N–H and O–H groups in total. The highest BCUT2D eigenvalue weighted by atomic mass is 15.1. The van der Waals surface area contributed by atoms with Crippen molar-refractivity contribution in [3.63, 3.8) is 0 Å². The van der Waals surface area contributed by atoms with Gasteiger partial charge in [0.25, 0.3) is 0 Å². The van der Waals surface area contributed by atoms with Crippen LogP contribution in [-0.2, 0) is 0 Å². The molecule has 4 nitrogen and oxygen atoms in total. The Kier molecular flexibility index (Phi) is 6.56. The van der Waals surface area contributed by atoms with Crippen LogP contribution in [0.15, 0.2) is 58.8 Å². The molecule has 0 bridgehead atoms. The van der Waals surface area contributed by atoms with Crippen LogP contribution in [0.3, 0.4) is 0 Å². The fourth-order valence-electron chi connectivity index (χ4n) is 2.13. The SMILES string of the molecule is CCCCN(C)c1ccc(/N=N/c2ccc(C#CC#N)cc2)cc1. The number of nitrogens with zero attached hydrogens (tertiary/aromatic N) is 4. The minimum absolute atomic E-state index is 0.752. The van der Waals surface area contributed by atoms with Gasteiger partial charge in [-0.25, -0.2) is 0 Å². The van der Waals surface area contributed by atoms with Crippen molar-refractivity contribution < 1.29 is 0 Å². The molecule has 2 aromatic carbocycles. The molecule has 2 rings (SSSR count). The molecule has 0 unspecified atom stereocenters. The summed E-state index contributed by atoms with van der Waals surface area (Å²) >= 11 is 0. The van der Waals surface area contributed by atoms with E-state index in [-0.39, 0.29) is 0 Å². The lowest BCUT2D eigenvalue weighted by atomic mass is 10.2. The number of hydrogen-bond acceptors (Lipinski definition) is 4. The fourth-order valence-corrected chi connectivity index (χ4v) is 2.13. The van der Waals surface area contributed by atoms with Crippen LogP contribution in [0.25, 0.3) is 0 Å². The maximum absolute atomic E-state index is 8.43. The van der Waals surface area contributed by atoms with Crippen molar-refractivity contribution in [2.75, 3.05) is 18.5 Å². The Morgan fingerprint density at radius 3 is 2.08 bits per heavy atom. The first-order chi connectivity index (χ1) is 11.7. The van der Waals surface area contributed by atoms with Crippen molar-refractivity contribution >= 4 is 17.1 Å². The van der Waals surface area contributed by atoms with Crippen LogP contribution in [0.4, 0.5) is 17.1 Å². The Morgan fingerprint density at radius 2 is 1.54 bits per heavy atom. The molecule has 0 aliphatic carbocycles. The van der Waals surface area contributed by atoms with Crippen LogP contribution in [0.2, 0.25) is 0 Å². The first-order valence-corrected chi connectivity index (χ1v) is 7.96. The predicted molar refractivity (Wildman–Crippen MR) is 97.7 cm³/mol. The quantitative estimate of drug-likeness (QED) is 0.542. The van der Waals surface area contributed by atoms with Gasteiger partial charge in [0.1, 0.15) is 0 Å². The molecule has 0 saturated heterocycles. The van der Waals surface area contributed by atoms with E-state index >= 15 is 0 Å². The summed E-state index contributed by atoms with van der Waals surface area (Å²) in [5.41, 5.74) is 3.54. The van der Waals surface area contributed by atoms with Crippen molar-refractivity contribution in [3.8, 4) is 17.9 Å². The zero-order valence-corrected chi connectivity index (χ0v) is 14.0. The maximum Gasteiger partial charge on any atom is 0.152 e. The molecule has 0 radical (unpaired) electrons. The van der Waals surface area contributed by atoms with E-state index in [1.54, 1.807) is 6.07 Å². The van der Waals surface area contributed by atoms with E-state index in [4.69, 9.17) is 5.26 Å². The minimum atomic E-state index is 0.752. The molecule has 0 saturated carbocycles. The first kappa shape index (κ1) is 17.2. The molecule has 120 valence electrons. The van der Waals surface area contributed by atoms with Gasteiger partial charge in [-0.3, -0.25) is 0 Å². The van der Waals surface area contributed by atoms with Crippen molar-refractivity contribution in [3.05, 3.63) is 54.1 Å². The average Bonchev–Trinajstić information content (AvgIpc) is 2.64. The van der Waals surface area contributed by atoms with Crippen molar-refractivity contribution in [1.82, 2.24) is 0 Å². The Morgan fingerprint density at radius 1 is 0.958 bits per heavy atom. The number of benzene rings is 2. The lowest BCUT2D eigenvalue weighted by Crippen LogP contribution is -2.17. The van der Waals surface area contributed by atoms with E-state index < -0.39 is 0 Å². The van der Waals surface area contributed by atoms with Gasteiger partial charge in [-0.15, -0.1) is 0 Å². The Hall–Kier alpha value is -3.11. The van der Waals surface area contributed by atoms with Crippen molar-refractivity contribution in [2.24, 2.45) is 10.2 Å². The average molecular weight is 316 g/mol. The van der Waals surface area contributed by atoms with Crippen LogP contribution >= 0.6 is 0 Å². The monoisotopic (exact) mass is 316 g/mol. The third kappa shape index (κ3) is 5.26. The van der Waals surface area contributed by atoms with E-state index in [0.717, 1.165) is 23.5 Å². The molecule has 0 spiro atoms. The van der Waals surface area contributed by atoms with Gasteiger partial charge in [0.2, 0.25) is 0 Å². The molecule has 0 aliphatic rings. The lowest BCUT2D eigenvalue weighted by Gasteiger charge is -2.18. The van der Waals surface area contributed by atoms with E-state index in [2.05, 4.69) is 53.1 Å². The first-order valence-electron chi connectivity index (χ1n) is 7.96. The largest absolute Gasteiger partial charge is 0.375 e. The fraction of sp³-hybridized carbons (Fsp3) is 0.250. The Balaban J connectivity index is 2.00. The van der Waals surface area contributed by atoms with Crippen LogP contribution in [0.5, 0.6) is 0 Å². The second-order valence-corrected chi connectivity index (χ2v) is 5.40. The summed E-state index contributed by atoms with van der Waals surface area (Å²) < 4.78 is 0. The predicted octanol–water partition coefficient (Wildman–Crippen LogP) is 5.21. The summed E-state index contributed by atoms with van der Waals surface area (Å²) in [5.74, 6) is 5.10. The lowest BCUT2D eigenvalue weighted by molar-refractivity contribution is 0.767. The molecule has 0 aliphatic heterocycles. The van der Waals surface area contributed by atoms with Crippen molar-refractivity contribution in [2.45, 2.75) is 19.8 Å². The molecule has 24 heavy (non-hydrogen) atoms. The number of rotatable bonds is 6. The van der Waals surface area contributed by atoms with Crippen molar-refractivity contribution in [1.29, 1.82) is 5.26 Å². The third-order valence-corrected chi connectivity index (χ3v) is 3.55. The third-order valence-electron chi connectivity index (χ3n) is 3.55. The second-order valence-electron chi connectivity index (χ2n) is 5.40. The van der Waals surface area contributed by atoms with Gasteiger partial charge < -0.3 is 4.90 Å². The van der Waals surface area contributed by atoms with Gasteiger partial charge in [0.15, 0.2) is 6.07 Å². The Bertz CT molecular complexity index is 772. The summed E-state index contributed by atoms with van der Waals surface area (Å²) in [6, 6.07) is 17.2. The Labute approximate surface area is 143 Å². The zero-order chi connectivity index (χ0) is 17.2. The van der Waals surface area contributed by atoms with Crippen LogP contribution < -0.4 is 4.90 Å². The van der Waals surface area contributed by atoms with E-state index in [9.17, 15) is 0 Å². The van der Waals surface area contributed by atoms with Gasteiger partial charge >= 0.3 is 0 Å². The highest BCUT2D eigenvalue weighted by Crippen LogP contribution is 2.22. The maximum atomic E-state index is 8.43. The van der Waals surface area contributed by atoms with Crippen LogP contribution in [0, 0.1) is 23.2 Å². The minimum Gasteiger partial charge on any atom is -0.375 e. The summed E-state index contributed by atoms with van der Waals surface area (Å²) in [5, 5.41) is 16.9. The molecule has 2 aromatic rings. The molecular weight excluding hydrogens is 296 g/mol.